The molecule has 0 aliphatic heterocycles. The Hall–Kier alpha value is -3.13. The van der Waals surface area contributed by atoms with E-state index in [1.54, 1.807) is 22.8 Å². The Labute approximate surface area is 222 Å². The fourth-order valence-electron chi connectivity index (χ4n) is 4.67. The van der Waals surface area contributed by atoms with Gasteiger partial charge >= 0.3 is 0 Å². The number of para-hydroxylation sites is 1. The normalized spacial score (nSPS) is 14.0. The van der Waals surface area contributed by atoms with Crippen LogP contribution in [0, 0.1) is 0 Å². The van der Waals surface area contributed by atoms with Crippen molar-refractivity contribution in [2.75, 3.05) is 12.3 Å². The van der Waals surface area contributed by atoms with E-state index in [4.69, 9.17) is 4.98 Å². The summed E-state index contributed by atoms with van der Waals surface area (Å²) < 4.78 is 1.63. The number of benzene rings is 2. The molecule has 1 aromatic heterocycles. The average Bonchev–Trinajstić information content (AvgIpc) is 2.92. The third-order valence-electron chi connectivity index (χ3n) is 6.75. The molecule has 0 spiro atoms. The van der Waals surface area contributed by atoms with Crippen molar-refractivity contribution in [3.63, 3.8) is 0 Å². The maximum absolute atomic E-state index is 13.4. The van der Waals surface area contributed by atoms with Gasteiger partial charge in [0.1, 0.15) is 0 Å². The summed E-state index contributed by atoms with van der Waals surface area (Å²) in [4.78, 5) is 43.2. The lowest BCUT2D eigenvalue weighted by Crippen LogP contribution is -2.37. The highest BCUT2D eigenvalue weighted by atomic mass is 32.2. The van der Waals surface area contributed by atoms with Crippen LogP contribution in [0.1, 0.15) is 74.2 Å². The molecule has 2 amide bonds. The van der Waals surface area contributed by atoms with Crippen LogP contribution in [0.4, 0.5) is 0 Å². The summed E-state index contributed by atoms with van der Waals surface area (Å²) in [5.41, 5.74) is 1.96. The number of fused-ring (bicyclic) bond motifs is 1. The lowest BCUT2D eigenvalue weighted by atomic mass is 9.95. The number of hydrogen-bond donors (Lipinski definition) is 2. The lowest BCUT2D eigenvalue weighted by molar-refractivity contribution is -0.119. The topological polar surface area (TPSA) is 93.1 Å². The molecule has 3 aromatic rings. The second kappa shape index (κ2) is 13.4. The first-order chi connectivity index (χ1) is 18.0. The van der Waals surface area contributed by atoms with E-state index in [9.17, 15) is 14.4 Å². The highest BCUT2D eigenvalue weighted by molar-refractivity contribution is 7.99. The van der Waals surface area contributed by atoms with Crippen molar-refractivity contribution < 1.29 is 9.59 Å². The number of amides is 2. The van der Waals surface area contributed by atoms with Crippen LogP contribution in [0.3, 0.4) is 0 Å². The van der Waals surface area contributed by atoms with Gasteiger partial charge in [-0.05, 0) is 49.1 Å². The van der Waals surface area contributed by atoms with Crippen molar-refractivity contribution in [1.29, 1.82) is 0 Å². The Morgan fingerprint density at radius 3 is 2.54 bits per heavy atom. The smallest absolute Gasteiger partial charge is 0.262 e. The van der Waals surface area contributed by atoms with E-state index in [1.807, 2.05) is 30.3 Å². The van der Waals surface area contributed by atoms with Crippen molar-refractivity contribution in [1.82, 2.24) is 20.2 Å². The molecule has 1 aliphatic rings. The van der Waals surface area contributed by atoms with E-state index in [1.165, 1.54) is 18.2 Å². The molecule has 0 bridgehead atoms. The van der Waals surface area contributed by atoms with Crippen LogP contribution < -0.4 is 16.2 Å². The largest absolute Gasteiger partial charge is 0.353 e. The number of hydrogen-bond acceptors (Lipinski definition) is 5. The number of unbranched alkanes of at least 4 members (excludes halogenated alkanes) is 2. The van der Waals surface area contributed by atoms with Crippen LogP contribution >= 0.6 is 11.8 Å². The molecule has 2 aromatic carbocycles. The van der Waals surface area contributed by atoms with Crippen molar-refractivity contribution in [3.8, 4) is 0 Å². The zero-order valence-corrected chi connectivity index (χ0v) is 22.3. The summed E-state index contributed by atoms with van der Waals surface area (Å²) >= 11 is 1.29. The van der Waals surface area contributed by atoms with Crippen LogP contribution in [-0.4, -0.2) is 39.7 Å². The molecule has 1 aliphatic carbocycles. The number of carbonyl (C=O) groups excluding carboxylic acids is 2. The summed E-state index contributed by atoms with van der Waals surface area (Å²) in [7, 11) is 0. The van der Waals surface area contributed by atoms with E-state index in [0.717, 1.165) is 50.5 Å². The molecule has 196 valence electrons. The molecule has 7 nitrogen and oxygen atoms in total. The van der Waals surface area contributed by atoms with E-state index in [2.05, 4.69) is 17.6 Å². The minimum Gasteiger partial charge on any atom is -0.353 e. The molecule has 0 radical (unpaired) electrons. The molecule has 0 saturated heterocycles. The van der Waals surface area contributed by atoms with Gasteiger partial charge in [-0.2, -0.15) is 0 Å². The molecule has 1 heterocycles. The van der Waals surface area contributed by atoms with E-state index < -0.39 is 0 Å². The summed E-state index contributed by atoms with van der Waals surface area (Å²) in [6, 6.07) is 14.8. The molecule has 37 heavy (non-hydrogen) atoms. The van der Waals surface area contributed by atoms with Crippen LogP contribution in [0.15, 0.2) is 58.5 Å². The second-order valence-corrected chi connectivity index (χ2v) is 10.6. The zero-order chi connectivity index (χ0) is 26.0. The Kier molecular flexibility index (Phi) is 9.77. The van der Waals surface area contributed by atoms with E-state index in [0.29, 0.717) is 34.7 Å². The average molecular weight is 521 g/mol. The van der Waals surface area contributed by atoms with E-state index in [-0.39, 0.29) is 29.2 Å². The molecular weight excluding hydrogens is 484 g/mol. The SMILES string of the molecule is CCCCCNC(=O)c1ccc(Cn2c(SCC(=O)NC3CCCCC3)nc3ccccc3c2=O)cc1. The molecule has 0 atom stereocenters. The van der Waals surface area contributed by atoms with E-state index >= 15 is 0 Å². The van der Waals surface area contributed by atoms with Gasteiger partial charge in [0.2, 0.25) is 5.91 Å². The molecular formula is C29H36N4O3S. The molecule has 8 heteroatoms. The van der Waals surface area contributed by atoms with Crippen molar-refractivity contribution in [2.45, 2.75) is 76.0 Å². The minimum atomic E-state index is -0.140. The summed E-state index contributed by atoms with van der Waals surface area (Å²) in [5, 5.41) is 7.15. The van der Waals surface area contributed by atoms with Gasteiger partial charge in [-0.1, -0.05) is 75.1 Å². The second-order valence-electron chi connectivity index (χ2n) is 9.65. The maximum Gasteiger partial charge on any atom is 0.262 e. The first-order valence-electron chi connectivity index (χ1n) is 13.3. The summed E-state index contributed by atoms with van der Waals surface area (Å²) in [6.45, 7) is 3.11. The predicted octanol–water partition coefficient (Wildman–Crippen LogP) is 4.91. The van der Waals surface area contributed by atoms with Crippen molar-refractivity contribution in [2.24, 2.45) is 0 Å². The lowest BCUT2D eigenvalue weighted by Gasteiger charge is -2.22. The third kappa shape index (κ3) is 7.44. The van der Waals surface area contributed by atoms with Gasteiger partial charge in [0, 0.05) is 18.2 Å². The van der Waals surface area contributed by atoms with Gasteiger partial charge < -0.3 is 10.6 Å². The molecule has 1 fully saturated rings. The van der Waals surface area contributed by atoms with Crippen LogP contribution in [0.5, 0.6) is 0 Å². The van der Waals surface area contributed by atoms with Crippen LogP contribution in [-0.2, 0) is 11.3 Å². The van der Waals surface area contributed by atoms with Crippen molar-refractivity contribution >= 4 is 34.5 Å². The number of thioether (sulfide) groups is 1. The fraction of sp³-hybridized carbons (Fsp3) is 0.448. The molecule has 1 saturated carbocycles. The van der Waals surface area contributed by atoms with Gasteiger partial charge in [-0.15, -0.1) is 0 Å². The highest BCUT2D eigenvalue weighted by Crippen LogP contribution is 2.21. The van der Waals surface area contributed by atoms with Gasteiger partial charge in [0.25, 0.3) is 11.5 Å². The fourth-order valence-corrected chi connectivity index (χ4v) is 5.48. The Morgan fingerprint density at radius 1 is 1.03 bits per heavy atom. The van der Waals surface area contributed by atoms with Gasteiger partial charge in [0.05, 0.1) is 23.2 Å². The Bertz CT molecular complexity index is 1270. The maximum atomic E-state index is 13.4. The van der Waals surface area contributed by atoms with Crippen LogP contribution in [0.2, 0.25) is 0 Å². The van der Waals surface area contributed by atoms with Crippen molar-refractivity contribution in [3.05, 3.63) is 70.0 Å². The van der Waals surface area contributed by atoms with Crippen LogP contribution in [0.25, 0.3) is 10.9 Å². The van der Waals surface area contributed by atoms with Gasteiger partial charge in [0.15, 0.2) is 5.16 Å². The monoisotopic (exact) mass is 520 g/mol. The number of rotatable bonds is 11. The van der Waals surface area contributed by atoms with Gasteiger partial charge in [-0.3, -0.25) is 19.0 Å². The summed E-state index contributed by atoms with van der Waals surface area (Å²) in [6.07, 6.45) is 8.78. The zero-order valence-electron chi connectivity index (χ0n) is 21.5. The third-order valence-corrected chi connectivity index (χ3v) is 7.73. The Morgan fingerprint density at radius 2 is 1.78 bits per heavy atom. The summed E-state index contributed by atoms with van der Waals surface area (Å²) in [5.74, 6) is 0.0888. The first-order valence-corrected chi connectivity index (χ1v) is 14.3. The standard InChI is InChI=1S/C29H36N4O3S/c1-2-3-9-18-30-27(35)22-16-14-21(15-17-22)19-33-28(36)24-12-7-8-13-25(24)32-29(33)37-20-26(34)31-23-10-5-4-6-11-23/h7-8,12-17,23H,2-6,9-11,18-20H2,1H3,(H,30,35)(H,31,34). The number of aromatic nitrogens is 2. The predicted molar refractivity (Wildman–Crippen MR) is 149 cm³/mol. The number of nitrogens with zero attached hydrogens (tertiary/aromatic N) is 2. The van der Waals surface area contributed by atoms with Gasteiger partial charge in [-0.25, -0.2) is 4.98 Å². The number of carbonyl (C=O) groups is 2. The Balaban J connectivity index is 1.48. The number of nitrogens with one attached hydrogen (secondary N) is 2. The first kappa shape index (κ1) is 26.9. The molecule has 0 unspecified atom stereocenters. The highest BCUT2D eigenvalue weighted by Gasteiger charge is 2.18. The minimum absolute atomic E-state index is 0.0276. The molecule has 2 N–H and O–H groups in total. The quantitative estimate of drug-likeness (QED) is 0.213. The molecule has 4 rings (SSSR count).